The largest absolute Gasteiger partial charge is 0.496 e. The van der Waals surface area contributed by atoms with E-state index in [4.69, 9.17) is 9.84 Å². The maximum Gasteiger partial charge on any atom is 0.339 e. The van der Waals surface area contributed by atoms with Gasteiger partial charge in [-0.2, -0.15) is 5.10 Å². The van der Waals surface area contributed by atoms with Crippen LogP contribution in [-0.2, 0) is 0 Å². The first kappa shape index (κ1) is 11.1. The number of methoxy groups -OCH3 is 1. The summed E-state index contributed by atoms with van der Waals surface area (Å²) in [5, 5.41) is 13.1. The van der Waals surface area contributed by atoms with Crippen LogP contribution >= 0.6 is 0 Å². The molecule has 17 heavy (non-hydrogen) atoms. The lowest BCUT2D eigenvalue weighted by Gasteiger charge is -2.07. The van der Waals surface area contributed by atoms with E-state index in [2.05, 4.69) is 10.1 Å². The van der Waals surface area contributed by atoms with Gasteiger partial charge in [-0.3, -0.25) is 0 Å². The Bertz CT molecular complexity index is 563. The van der Waals surface area contributed by atoms with E-state index >= 15 is 0 Å². The number of carboxylic acid groups (broad SMARTS) is 1. The van der Waals surface area contributed by atoms with Crippen molar-refractivity contribution in [1.29, 1.82) is 0 Å². The Labute approximate surface area is 97.5 Å². The smallest absolute Gasteiger partial charge is 0.339 e. The van der Waals surface area contributed by atoms with Crippen LogP contribution in [0.3, 0.4) is 0 Å². The van der Waals surface area contributed by atoms with Crippen molar-refractivity contribution in [3.05, 3.63) is 35.9 Å². The Kier molecular flexibility index (Phi) is 2.78. The first-order valence-corrected chi connectivity index (χ1v) is 4.92. The van der Waals surface area contributed by atoms with Gasteiger partial charge in [-0.25, -0.2) is 14.5 Å². The highest BCUT2D eigenvalue weighted by atomic mass is 16.5. The van der Waals surface area contributed by atoms with Gasteiger partial charge in [0.15, 0.2) is 0 Å². The molecule has 0 atom stereocenters. The normalized spacial score (nSPS) is 10.2. The molecule has 1 aromatic carbocycles. The molecule has 6 nitrogen and oxygen atoms in total. The van der Waals surface area contributed by atoms with E-state index in [0.717, 1.165) is 0 Å². The minimum Gasteiger partial charge on any atom is -0.496 e. The van der Waals surface area contributed by atoms with Gasteiger partial charge in [0.2, 0.25) is 0 Å². The average Bonchev–Trinajstić information content (AvgIpc) is 2.75. The number of hydrogen-bond acceptors (Lipinski definition) is 4. The summed E-state index contributed by atoms with van der Waals surface area (Å²) in [4.78, 5) is 14.9. The number of ether oxygens (including phenoxy) is 1. The molecule has 2 aromatic rings. The summed E-state index contributed by atoms with van der Waals surface area (Å²) in [5.41, 5.74) is 0.820. The first-order valence-electron chi connectivity index (χ1n) is 4.92. The molecule has 0 unspecified atom stereocenters. The molecule has 1 aromatic heterocycles. The fraction of sp³-hybridized carbons (Fsp3) is 0.182. The SMILES string of the molecule is COc1cc(-n2cnc(C)n2)ccc1C(=O)O. The minimum absolute atomic E-state index is 0.119. The Balaban J connectivity index is 2.48. The number of carboxylic acids is 1. The van der Waals surface area contributed by atoms with E-state index in [1.165, 1.54) is 13.2 Å². The van der Waals surface area contributed by atoms with Gasteiger partial charge in [0.1, 0.15) is 23.5 Å². The lowest BCUT2D eigenvalue weighted by molar-refractivity contribution is 0.0693. The second kappa shape index (κ2) is 4.25. The van der Waals surface area contributed by atoms with Crippen LogP contribution in [-0.4, -0.2) is 33.0 Å². The van der Waals surface area contributed by atoms with Gasteiger partial charge in [0, 0.05) is 6.07 Å². The van der Waals surface area contributed by atoms with Gasteiger partial charge in [-0.15, -0.1) is 0 Å². The quantitative estimate of drug-likeness (QED) is 0.864. The molecule has 6 heteroatoms. The van der Waals surface area contributed by atoms with Crippen LogP contribution in [0.5, 0.6) is 5.75 Å². The summed E-state index contributed by atoms with van der Waals surface area (Å²) in [7, 11) is 1.43. The van der Waals surface area contributed by atoms with E-state index in [-0.39, 0.29) is 5.56 Å². The maximum absolute atomic E-state index is 10.9. The average molecular weight is 233 g/mol. The molecule has 0 saturated heterocycles. The lowest BCUT2D eigenvalue weighted by atomic mass is 10.2. The van der Waals surface area contributed by atoms with Crippen molar-refractivity contribution >= 4 is 5.97 Å². The summed E-state index contributed by atoms with van der Waals surface area (Å²) >= 11 is 0. The molecule has 0 saturated carbocycles. The van der Waals surface area contributed by atoms with Crippen molar-refractivity contribution in [2.75, 3.05) is 7.11 Å². The summed E-state index contributed by atoms with van der Waals surface area (Å²) in [6.45, 7) is 1.78. The zero-order valence-electron chi connectivity index (χ0n) is 9.41. The monoisotopic (exact) mass is 233 g/mol. The predicted octanol–water partition coefficient (Wildman–Crippen LogP) is 1.28. The molecule has 1 heterocycles. The Morgan fingerprint density at radius 3 is 2.76 bits per heavy atom. The third-order valence-electron chi connectivity index (χ3n) is 2.29. The zero-order chi connectivity index (χ0) is 12.4. The lowest BCUT2D eigenvalue weighted by Crippen LogP contribution is -2.03. The molecule has 0 aliphatic heterocycles. The fourth-order valence-electron chi connectivity index (χ4n) is 1.47. The Hall–Kier alpha value is -2.37. The van der Waals surface area contributed by atoms with Crippen LogP contribution in [0.1, 0.15) is 16.2 Å². The molecular weight excluding hydrogens is 222 g/mol. The van der Waals surface area contributed by atoms with Crippen molar-refractivity contribution in [1.82, 2.24) is 14.8 Å². The van der Waals surface area contributed by atoms with Gasteiger partial charge < -0.3 is 9.84 Å². The molecule has 0 aliphatic carbocycles. The molecule has 88 valence electrons. The highest BCUT2D eigenvalue weighted by Crippen LogP contribution is 2.21. The van der Waals surface area contributed by atoms with E-state index < -0.39 is 5.97 Å². The highest BCUT2D eigenvalue weighted by molar-refractivity contribution is 5.91. The standard InChI is InChI=1S/C11H11N3O3/c1-7-12-6-14(13-7)8-3-4-9(11(15)16)10(5-8)17-2/h3-6H,1-2H3,(H,15,16). The summed E-state index contributed by atoms with van der Waals surface area (Å²) in [5.74, 6) is -0.0856. The number of aromatic carboxylic acids is 1. The second-order valence-corrected chi connectivity index (χ2v) is 3.43. The molecule has 0 bridgehead atoms. The number of rotatable bonds is 3. The predicted molar refractivity (Wildman–Crippen MR) is 59.6 cm³/mol. The van der Waals surface area contributed by atoms with Gasteiger partial charge in [-0.05, 0) is 19.1 Å². The fourth-order valence-corrected chi connectivity index (χ4v) is 1.47. The molecule has 0 radical (unpaired) electrons. The molecule has 2 rings (SSSR count). The Morgan fingerprint density at radius 1 is 1.47 bits per heavy atom. The van der Waals surface area contributed by atoms with E-state index in [9.17, 15) is 4.79 Å². The molecule has 0 aliphatic rings. The second-order valence-electron chi connectivity index (χ2n) is 3.43. The minimum atomic E-state index is -1.02. The molecular formula is C11H11N3O3. The number of aryl methyl sites for hydroxylation is 1. The summed E-state index contributed by atoms with van der Waals surface area (Å²) in [6.07, 6.45) is 1.56. The van der Waals surface area contributed by atoms with Gasteiger partial charge >= 0.3 is 5.97 Å². The van der Waals surface area contributed by atoms with Gasteiger partial charge in [0.05, 0.1) is 12.8 Å². The van der Waals surface area contributed by atoms with Crippen LogP contribution in [0, 0.1) is 6.92 Å². The molecule has 0 spiro atoms. The van der Waals surface area contributed by atoms with E-state index in [1.54, 1.807) is 30.1 Å². The van der Waals surface area contributed by atoms with Crippen LogP contribution in [0.2, 0.25) is 0 Å². The topological polar surface area (TPSA) is 77.2 Å². The Morgan fingerprint density at radius 2 is 2.24 bits per heavy atom. The molecule has 1 N–H and O–H groups in total. The third kappa shape index (κ3) is 2.10. The number of aromatic nitrogens is 3. The molecule has 0 fully saturated rings. The highest BCUT2D eigenvalue weighted by Gasteiger charge is 2.12. The zero-order valence-corrected chi connectivity index (χ0v) is 9.41. The summed E-state index contributed by atoms with van der Waals surface area (Å²) < 4.78 is 6.59. The van der Waals surface area contributed by atoms with Crippen molar-refractivity contribution < 1.29 is 14.6 Å². The number of benzene rings is 1. The third-order valence-corrected chi connectivity index (χ3v) is 2.29. The van der Waals surface area contributed by atoms with Crippen molar-refractivity contribution in [3.63, 3.8) is 0 Å². The first-order chi connectivity index (χ1) is 8.11. The van der Waals surface area contributed by atoms with Gasteiger partial charge in [0.25, 0.3) is 0 Å². The number of hydrogen-bond donors (Lipinski definition) is 1. The van der Waals surface area contributed by atoms with Crippen LogP contribution in [0.15, 0.2) is 24.5 Å². The van der Waals surface area contributed by atoms with Crippen LogP contribution in [0.4, 0.5) is 0 Å². The molecule has 0 amide bonds. The van der Waals surface area contributed by atoms with Crippen molar-refractivity contribution in [3.8, 4) is 11.4 Å². The maximum atomic E-state index is 10.9. The van der Waals surface area contributed by atoms with Crippen molar-refractivity contribution in [2.45, 2.75) is 6.92 Å². The van der Waals surface area contributed by atoms with E-state index in [0.29, 0.717) is 17.3 Å². The van der Waals surface area contributed by atoms with Crippen LogP contribution in [0.25, 0.3) is 5.69 Å². The number of nitrogens with zero attached hydrogens (tertiary/aromatic N) is 3. The van der Waals surface area contributed by atoms with Crippen molar-refractivity contribution in [2.24, 2.45) is 0 Å². The van der Waals surface area contributed by atoms with Gasteiger partial charge in [-0.1, -0.05) is 0 Å². The van der Waals surface area contributed by atoms with E-state index in [1.807, 2.05) is 0 Å². The van der Waals surface area contributed by atoms with Crippen LogP contribution < -0.4 is 4.74 Å². The number of carbonyl (C=O) groups is 1. The summed E-state index contributed by atoms with van der Waals surface area (Å²) in [6, 6.07) is 4.74.